The number of aliphatic hydroxyl groups excluding tert-OH is 1. The Hall–Kier alpha value is -0.330. The highest BCUT2D eigenvalue weighted by Crippen LogP contribution is 2.14. The molecule has 0 amide bonds. The Kier molecular flexibility index (Phi) is 7.72. The standard InChI is InChI=1S/C9H18F3NO2/c1-8(14)3-5-13-4-2-6-15-7-9(10,11)12/h8,13-14H,2-7H2,1H3. The predicted molar refractivity (Wildman–Crippen MR) is 50.7 cm³/mol. The van der Waals surface area contributed by atoms with Crippen LogP contribution in [-0.4, -0.2) is 43.7 Å². The molecule has 0 radical (unpaired) electrons. The third-order valence-electron chi connectivity index (χ3n) is 1.65. The third kappa shape index (κ3) is 13.7. The SMILES string of the molecule is CC(O)CCNCCCOCC(F)(F)F. The third-order valence-corrected chi connectivity index (χ3v) is 1.65. The lowest BCUT2D eigenvalue weighted by atomic mass is 10.3. The molecule has 1 unspecified atom stereocenters. The number of rotatable bonds is 8. The molecule has 0 bridgehead atoms. The van der Waals surface area contributed by atoms with Crippen molar-refractivity contribution in [2.45, 2.75) is 32.0 Å². The average molecular weight is 229 g/mol. The van der Waals surface area contributed by atoms with Gasteiger partial charge in [-0.15, -0.1) is 0 Å². The van der Waals surface area contributed by atoms with Crippen LogP contribution in [0.3, 0.4) is 0 Å². The van der Waals surface area contributed by atoms with E-state index < -0.39 is 12.8 Å². The maximum Gasteiger partial charge on any atom is 0.411 e. The van der Waals surface area contributed by atoms with Crippen LogP contribution in [0.4, 0.5) is 13.2 Å². The summed E-state index contributed by atoms with van der Waals surface area (Å²) < 4.78 is 39.2. The van der Waals surface area contributed by atoms with Gasteiger partial charge < -0.3 is 15.2 Å². The molecule has 0 spiro atoms. The number of aliphatic hydroxyl groups is 1. The van der Waals surface area contributed by atoms with Gasteiger partial charge in [0.15, 0.2) is 0 Å². The first-order valence-electron chi connectivity index (χ1n) is 4.95. The lowest BCUT2D eigenvalue weighted by Gasteiger charge is -2.08. The smallest absolute Gasteiger partial charge is 0.393 e. The van der Waals surface area contributed by atoms with Crippen molar-refractivity contribution < 1.29 is 23.0 Å². The molecule has 0 aromatic rings. The normalized spacial score (nSPS) is 14.2. The first-order chi connectivity index (χ1) is 6.92. The van der Waals surface area contributed by atoms with E-state index >= 15 is 0 Å². The zero-order valence-corrected chi connectivity index (χ0v) is 8.81. The summed E-state index contributed by atoms with van der Waals surface area (Å²) in [6.07, 6.45) is -3.40. The van der Waals surface area contributed by atoms with Crippen molar-refractivity contribution in [3.8, 4) is 0 Å². The van der Waals surface area contributed by atoms with E-state index in [0.717, 1.165) is 0 Å². The van der Waals surface area contributed by atoms with Crippen LogP contribution in [-0.2, 0) is 4.74 Å². The fraction of sp³-hybridized carbons (Fsp3) is 1.00. The number of hydrogen-bond acceptors (Lipinski definition) is 3. The van der Waals surface area contributed by atoms with Crippen molar-refractivity contribution in [3.05, 3.63) is 0 Å². The van der Waals surface area contributed by atoms with E-state index in [2.05, 4.69) is 10.1 Å². The van der Waals surface area contributed by atoms with Crippen LogP contribution >= 0.6 is 0 Å². The highest BCUT2D eigenvalue weighted by atomic mass is 19.4. The minimum Gasteiger partial charge on any atom is -0.393 e. The maximum absolute atomic E-state index is 11.6. The molecule has 6 heteroatoms. The van der Waals surface area contributed by atoms with Crippen molar-refractivity contribution in [2.24, 2.45) is 0 Å². The van der Waals surface area contributed by atoms with Crippen LogP contribution in [0.1, 0.15) is 19.8 Å². The predicted octanol–water partition coefficient (Wildman–Crippen LogP) is 1.32. The molecule has 1 atom stereocenters. The molecule has 2 N–H and O–H groups in total. The highest BCUT2D eigenvalue weighted by Gasteiger charge is 2.26. The topological polar surface area (TPSA) is 41.5 Å². The average Bonchev–Trinajstić information content (AvgIpc) is 2.07. The van der Waals surface area contributed by atoms with E-state index in [0.29, 0.717) is 25.9 Å². The molecule has 92 valence electrons. The lowest BCUT2D eigenvalue weighted by molar-refractivity contribution is -0.173. The van der Waals surface area contributed by atoms with Crippen molar-refractivity contribution in [3.63, 3.8) is 0 Å². The first-order valence-corrected chi connectivity index (χ1v) is 4.95. The van der Waals surface area contributed by atoms with E-state index in [9.17, 15) is 13.2 Å². The Morgan fingerprint density at radius 3 is 2.53 bits per heavy atom. The van der Waals surface area contributed by atoms with Gasteiger partial charge in [0.2, 0.25) is 0 Å². The Morgan fingerprint density at radius 1 is 1.33 bits per heavy atom. The zero-order valence-electron chi connectivity index (χ0n) is 8.81. The van der Waals surface area contributed by atoms with Crippen LogP contribution in [0.25, 0.3) is 0 Å². The molecule has 0 aromatic heterocycles. The quantitative estimate of drug-likeness (QED) is 0.617. The summed E-state index contributed by atoms with van der Waals surface area (Å²) in [6.45, 7) is 1.87. The van der Waals surface area contributed by atoms with Gasteiger partial charge in [0.05, 0.1) is 6.10 Å². The molecule has 0 aliphatic carbocycles. The van der Waals surface area contributed by atoms with Crippen LogP contribution < -0.4 is 5.32 Å². The maximum atomic E-state index is 11.6. The fourth-order valence-corrected chi connectivity index (χ4v) is 0.923. The van der Waals surface area contributed by atoms with Crippen LogP contribution in [0, 0.1) is 0 Å². The van der Waals surface area contributed by atoms with Crippen LogP contribution in [0.2, 0.25) is 0 Å². The van der Waals surface area contributed by atoms with Crippen LogP contribution in [0.15, 0.2) is 0 Å². The number of nitrogens with one attached hydrogen (secondary N) is 1. The van der Waals surface area contributed by atoms with Crippen molar-refractivity contribution in [2.75, 3.05) is 26.3 Å². The highest BCUT2D eigenvalue weighted by molar-refractivity contribution is 4.52. The second kappa shape index (κ2) is 7.90. The minimum atomic E-state index is -4.24. The summed E-state index contributed by atoms with van der Waals surface area (Å²) in [5.41, 5.74) is 0. The molecular weight excluding hydrogens is 211 g/mol. The van der Waals surface area contributed by atoms with Gasteiger partial charge in [-0.1, -0.05) is 0 Å². The van der Waals surface area contributed by atoms with Crippen molar-refractivity contribution in [1.29, 1.82) is 0 Å². The van der Waals surface area contributed by atoms with Crippen molar-refractivity contribution in [1.82, 2.24) is 5.32 Å². The summed E-state index contributed by atoms with van der Waals surface area (Å²) in [7, 11) is 0. The molecule has 3 nitrogen and oxygen atoms in total. The Bertz CT molecular complexity index is 151. The summed E-state index contributed by atoms with van der Waals surface area (Å²) in [6, 6.07) is 0. The fourth-order valence-electron chi connectivity index (χ4n) is 0.923. The van der Waals surface area contributed by atoms with E-state index in [1.807, 2.05) is 0 Å². The van der Waals surface area contributed by atoms with Gasteiger partial charge in [-0.3, -0.25) is 0 Å². The summed E-state index contributed by atoms with van der Waals surface area (Å²) in [5, 5.41) is 11.9. The zero-order chi connectivity index (χ0) is 11.7. The number of alkyl halides is 3. The Morgan fingerprint density at radius 2 is 2.00 bits per heavy atom. The monoisotopic (exact) mass is 229 g/mol. The Labute approximate surface area is 87.6 Å². The second-order valence-corrected chi connectivity index (χ2v) is 3.41. The van der Waals surface area contributed by atoms with E-state index in [1.54, 1.807) is 6.92 Å². The second-order valence-electron chi connectivity index (χ2n) is 3.41. The molecule has 0 fully saturated rings. The van der Waals surface area contributed by atoms with Crippen molar-refractivity contribution >= 4 is 0 Å². The number of hydrogen-bond donors (Lipinski definition) is 2. The molecule has 0 aliphatic rings. The number of ether oxygens (including phenoxy) is 1. The van der Waals surface area contributed by atoms with Gasteiger partial charge in [0, 0.05) is 6.61 Å². The lowest BCUT2D eigenvalue weighted by Crippen LogP contribution is -2.22. The molecule has 0 aliphatic heterocycles. The molecule has 0 aromatic carbocycles. The minimum absolute atomic E-state index is 0.0984. The van der Waals surface area contributed by atoms with E-state index in [-0.39, 0.29) is 12.7 Å². The molecular formula is C9H18F3NO2. The summed E-state index contributed by atoms with van der Waals surface area (Å²) in [5.74, 6) is 0. The van der Waals surface area contributed by atoms with E-state index in [1.165, 1.54) is 0 Å². The van der Waals surface area contributed by atoms with Gasteiger partial charge in [0.25, 0.3) is 0 Å². The number of halogens is 3. The molecule has 0 rings (SSSR count). The van der Waals surface area contributed by atoms with Gasteiger partial charge in [-0.05, 0) is 32.9 Å². The summed E-state index contributed by atoms with van der Waals surface area (Å²) >= 11 is 0. The van der Waals surface area contributed by atoms with E-state index in [4.69, 9.17) is 5.11 Å². The van der Waals surface area contributed by atoms with Gasteiger partial charge in [-0.25, -0.2) is 0 Å². The molecule has 15 heavy (non-hydrogen) atoms. The van der Waals surface area contributed by atoms with Gasteiger partial charge in [0.1, 0.15) is 6.61 Å². The largest absolute Gasteiger partial charge is 0.411 e. The molecule has 0 saturated carbocycles. The first kappa shape index (κ1) is 14.7. The van der Waals surface area contributed by atoms with Crippen LogP contribution in [0.5, 0.6) is 0 Å². The van der Waals surface area contributed by atoms with Gasteiger partial charge >= 0.3 is 6.18 Å². The summed E-state index contributed by atoms with van der Waals surface area (Å²) in [4.78, 5) is 0. The molecule has 0 heterocycles. The van der Waals surface area contributed by atoms with Gasteiger partial charge in [-0.2, -0.15) is 13.2 Å². The molecule has 0 saturated heterocycles. The Balaban J connectivity index is 3.06.